The second-order valence-electron chi connectivity index (χ2n) is 6.28. The van der Waals surface area contributed by atoms with Gasteiger partial charge in [-0.2, -0.15) is 9.90 Å². The van der Waals surface area contributed by atoms with E-state index in [0.29, 0.717) is 17.0 Å². The maximum Gasteiger partial charge on any atom is 0.361 e. The van der Waals surface area contributed by atoms with Crippen molar-refractivity contribution in [2.24, 2.45) is 0 Å². The summed E-state index contributed by atoms with van der Waals surface area (Å²) in [5, 5.41) is 8.47. The summed E-state index contributed by atoms with van der Waals surface area (Å²) in [4.78, 5) is 30.5. The van der Waals surface area contributed by atoms with E-state index in [1.807, 2.05) is 49.4 Å². The summed E-state index contributed by atoms with van der Waals surface area (Å²) in [6.45, 7) is 3.39. The third kappa shape index (κ3) is 3.27. The first kappa shape index (κ1) is 17.6. The van der Waals surface area contributed by atoms with Gasteiger partial charge in [0.1, 0.15) is 12.3 Å². The number of rotatable bonds is 4. The van der Waals surface area contributed by atoms with Crippen molar-refractivity contribution in [2.45, 2.75) is 20.5 Å². The molecule has 28 heavy (non-hydrogen) atoms. The third-order valence-electron chi connectivity index (χ3n) is 4.25. The van der Waals surface area contributed by atoms with Gasteiger partial charge in [-0.1, -0.05) is 24.3 Å². The Morgan fingerprint density at radius 3 is 2.61 bits per heavy atom. The predicted molar refractivity (Wildman–Crippen MR) is 101 cm³/mol. The molecule has 1 aromatic carbocycles. The quantitative estimate of drug-likeness (QED) is 0.508. The van der Waals surface area contributed by atoms with Crippen molar-refractivity contribution in [3.05, 3.63) is 87.7 Å². The highest BCUT2D eigenvalue weighted by Gasteiger charge is 2.18. The summed E-state index contributed by atoms with van der Waals surface area (Å²) in [5.74, 6) is -0.620. The first-order valence-electron chi connectivity index (χ1n) is 8.68. The van der Waals surface area contributed by atoms with Crippen LogP contribution >= 0.6 is 0 Å². The van der Waals surface area contributed by atoms with Gasteiger partial charge in [-0.25, -0.2) is 9.78 Å². The number of ether oxygens (including phenoxy) is 1. The van der Waals surface area contributed by atoms with Crippen LogP contribution in [0, 0.1) is 13.8 Å². The van der Waals surface area contributed by atoms with Crippen LogP contribution in [0.15, 0.2) is 59.4 Å². The zero-order valence-corrected chi connectivity index (χ0v) is 15.4. The number of para-hydroxylation sites is 1. The average molecular weight is 375 g/mol. The Morgan fingerprint density at radius 2 is 1.82 bits per heavy atom. The molecule has 8 heteroatoms. The average Bonchev–Trinajstić information content (AvgIpc) is 3.08. The first-order valence-corrected chi connectivity index (χ1v) is 8.68. The molecule has 0 fully saturated rings. The molecule has 0 saturated carbocycles. The van der Waals surface area contributed by atoms with Crippen LogP contribution in [0.3, 0.4) is 0 Å². The van der Waals surface area contributed by atoms with Crippen molar-refractivity contribution in [1.29, 1.82) is 0 Å². The first-order chi connectivity index (χ1) is 13.5. The maximum atomic E-state index is 12.4. The summed E-state index contributed by atoms with van der Waals surface area (Å²) >= 11 is 0. The minimum atomic E-state index is -0.620. The molecular weight excluding hydrogens is 358 g/mol. The van der Waals surface area contributed by atoms with Crippen molar-refractivity contribution in [3.8, 4) is 5.69 Å². The van der Waals surface area contributed by atoms with Gasteiger partial charge >= 0.3 is 5.97 Å². The highest BCUT2D eigenvalue weighted by molar-refractivity contribution is 5.88. The van der Waals surface area contributed by atoms with E-state index >= 15 is 0 Å². The van der Waals surface area contributed by atoms with Crippen LogP contribution < -0.4 is 5.56 Å². The number of aryl methyl sites for hydroxylation is 2. The zero-order valence-electron chi connectivity index (χ0n) is 15.4. The molecule has 0 saturated heterocycles. The van der Waals surface area contributed by atoms with Crippen molar-refractivity contribution < 1.29 is 9.53 Å². The number of benzene rings is 1. The number of aromatic nitrogens is 5. The molecule has 0 aliphatic rings. The Morgan fingerprint density at radius 1 is 1.04 bits per heavy atom. The maximum absolute atomic E-state index is 12.4. The Labute approximate surface area is 160 Å². The molecule has 4 aromatic rings. The summed E-state index contributed by atoms with van der Waals surface area (Å²) in [5.41, 5.74) is 2.76. The van der Waals surface area contributed by atoms with Crippen LogP contribution in [-0.4, -0.2) is 30.3 Å². The van der Waals surface area contributed by atoms with Crippen molar-refractivity contribution in [1.82, 2.24) is 24.4 Å². The molecule has 0 atom stereocenters. The second-order valence-corrected chi connectivity index (χ2v) is 6.28. The Balaban J connectivity index is 1.55. The number of carbonyl (C=O) groups excluding carboxylic acids is 1. The van der Waals surface area contributed by atoms with E-state index in [1.165, 1.54) is 15.3 Å². The van der Waals surface area contributed by atoms with Gasteiger partial charge in [-0.3, -0.25) is 9.20 Å². The van der Waals surface area contributed by atoms with Crippen LogP contribution in [0.2, 0.25) is 0 Å². The van der Waals surface area contributed by atoms with E-state index in [4.69, 9.17) is 4.74 Å². The molecule has 8 nitrogen and oxygen atoms in total. The number of pyridine rings is 1. The fourth-order valence-electron chi connectivity index (χ4n) is 2.89. The predicted octanol–water partition coefficient (Wildman–Crippen LogP) is 2.25. The fourth-order valence-corrected chi connectivity index (χ4v) is 2.89. The lowest BCUT2D eigenvalue weighted by molar-refractivity contribution is 0.0459. The lowest BCUT2D eigenvalue weighted by Gasteiger charge is -2.07. The van der Waals surface area contributed by atoms with Gasteiger partial charge < -0.3 is 4.74 Å². The van der Waals surface area contributed by atoms with Crippen molar-refractivity contribution in [2.75, 3.05) is 0 Å². The van der Waals surface area contributed by atoms with Crippen LogP contribution in [-0.2, 0) is 11.3 Å². The molecule has 3 aromatic heterocycles. The van der Waals surface area contributed by atoms with Gasteiger partial charge in [-0.15, -0.1) is 5.10 Å². The van der Waals surface area contributed by atoms with Gasteiger partial charge in [0.15, 0.2) is 5.69 Å². The van der Waals surface area contributed by atoms with E-state index in [1.54, 1.807) is 13.0 Å². The third-order valence-corrected chi connectivity index (χ3v) is 4.25. The molecule has 0 bridgehead atoms. The van der Waals surface area contributed by atoms with E-state index in [2.05, 4.69) is 15.2 Å². The van der Waals surface area contributed by atoms with Gasteiger partial charge in [0.2, 0.25) is 0 Å². The second kappa shape index (κ2) is 7.07. The van der Waals surface area contributed by atoms with E-state index in [0.717, 1.165) is 11.4 Å². The van der Waals surface area contributed by atoms with E-state index < -0.39 is 5.97 Å². The van der Waals surface area contributed by atoms with Gasteiger partial charge in [0.25, 0.3) is 5.56 Å². The monoisotopic (exact) mass is 375 g/mol. The molecule has 0 N–H and O–H groups in total. The van der Waals surface area contributed by atoms with Gasteiger partial charge in [-0.05, 0) is 38.1 Å². The number of esters is 1. The number of hydrogen-bond donors (Lipinski definition) is 0. The standard InChI is InChI=1S/C20H17N5O3/c1-13-7-6-10-17-21-15(11-18(26)24(13)17)12-28-20(27)19-14(2)22-25(23-19)16-8-4-3-5-9-16/h3-11H,12H2,1-2H3. The molecule has 0 aliphatic carbocycles. The minimum absolute atomic E-state index is 0.122. The minimum Gasteiger partial charge on any atom is -0.454 e. The molecule has 140 valence electrons. The Hall–Kier alpha value is -3.81. The summed E-state index contributed by atoms with van der Waals surface area (Å²) in [7, 11) is 0. The molecule has 0 aliphatic heterocycles. The number of nitrogens with zero attached hydrogens (tertiary/aromatic N) is 5. The summed E-state index contributed by atoms with van der Waals surface area (Å²) < 4.78 is 6.81. The molecule has 0 radical (unpaired) electrons. The molecular formula is C20H17N5O3. The molecule has 0 unspecified atom stereocenters. The van der Waals surface area contributed by atoms with Crippen molar-refractivity contribution in [3.63, 3.8) is 0 Å². The Bertz CT molecular complexity index is 1230. The highest BCUT2D eigenvalue weighted by atomic mass is 16.5. The van der Waals surface area contributed by atoms with Crippen LogP contribution in [0.25, 0.3) is 11.3 Å². The normalized spacial score (nSPS) is 10.9. The lowest BCUT2D eigenvalue weighted by atomic mass is 10.3. The molecule has 3 heterocycles. The SMILES string of the molecule is Cc1nn(-c2ccccc2)nc1C(=O)OCc1cc(=O)n2c(C)cccc2n1. The largest absolute Gasteiger partial charge is 0.454 e. The highest BCUT2D eigenvalue weighted by Crippen LogP contribution is 2.10. The number of hydrogen-bond acceptors (Lipinski definition) is 6. The summed E-state index contributed by atoms with van der Waals surface area (Å²) in [6, 6.07) is 16.0. The van der Waals surface area contributed by atoms with Crippen LogP contribution in [0.5, 0.6) is 0 Å². The number of fused-ring (bicyclic) bond motifs is 1. The lowest BCUT2D eigenvalue weighted by Crippen LogP contribution is -2.18. The molecule has 4 rings (SSSR count). The zero-order chi connectivity index (χ0) is 19.7. The van der Waals surface area contributed by atoms with Gasteiger partial charge in [0.05, 0.1) is 17.1 Å². The number of carbonyl (C=O) groups is 1. The van der Waals surface area contributed by atoms with E-state index in [-0.39, 0.29) is 17.9 Å². The van der Waals surface area contributed by atoms with Crippen LogP contribution in [0.4, 0.5) is 0 Å². The fraction of sp³-hybridized carbons (Fsp3) is 0.150. The summed E-state index contributed by atoms with van der Waals surface area (Å²) in [6.07, 6.45) is 0. The smallest absolute Gasteiger partial charge is 0.361 e. The molecule has 0 amide bonds. The van der Waals surface area contributed by atoms with Crippen LogP contribution in [0.1, 0.15) is 27.6 Å². The van der Waals surface area contributed by atoms with Gasteiger partial charge in [0, 0.05) is 11.8 Å². The topological polar surface area (TPSA) is 91.4 Å². The Kier molecular flexibility index (Phi) is 4.44. The molecule has 0 spiro atoms. The van der Waals surface area contributed by atoms with E-state index in [9.17, 15) is 9.59 Å². The van der Waals surface area contributed by atoms with Crippen molar-refractivity contribution >= 4 is 11.6 Å².